The Kier molecular flexibility index (Phi) is 30.2. The molecule has 0 fully saturated rings. The van der Waals surface area contributed by atoms with Crippen molar-refractivity contribution in [1.82, 2.24) is 41.0 Å². The first-order valence-electron chi connectivity index (χ1n) is 24.8. The number of alkyl carbamates (subject to hydrolysis) is 1. The molecular weight excluding hydrogens is 1220 g/mol. The van der Waals surface area contributed by atoms with E-state index in [1.165, 1.54) is 47.6 Å². The normalized spacial score (nSPS) is 12.2. The second-order valence-electron chi connectivity index (χ2n) is 21.0. The maximum atomic E-state index is 13.5. The lowest BCUT2D eigenvalue weighted by atomic mass is 10.0. The Morgan fingerprint density at radius 1 is 0.759 bits per heavy atom. The van der Waals surface area contributed by atoms with E-state index < -0.39 is 52.5 Å². The number of esters is 1. The van der Waals surface area contributed by atoms with Crippen LogP contribution < -0.4 is 21.8 Å². The van der Waals surface area contributed by atoms with Crippen molar-refractivity contribution >= 4 is 90.8 Å². The average molecular weight is 1300 g/mol. The number of amides is 3. The number of hydrogen-bond donors (Lipinski definition) is 6. The van der Waals surface area contributed by atoms with Crippen molar-refractivity contribution in [3.63, 3.8) is 0 Å². The first-order valence-corrected chi connectivity index (χ1v) is 26.4. The molecule has 5 rings (SSSR count). The minimum Gasteiger partial charge on any atom is -0.460 e. The summed E-state index contributed by atoms with van der Waals surface area (Å²) in [4.78, 5) is 63.9. The number of rotatable bonds is 15. The van der Waals surface area contributed by atoms with Crippen molar-refractivity contribution in [3.05, 3.63) is 98.3 Å². The fourth-order valence-electron chi connectivity index (χ4n) is 6.08. The maximum absolute atomic E-state index is 13.5. The van der Waals surface area contributed by atoms with Crippen LogP contribution in [0.15, 0.2) is 93.5 Å². The highest BCUT2D eigenvalue weighted by molar-refractivity contribution is 9.10. The zero-order valence-corrected chi connectivity index (χ0v) is 50.1. The van der Waals surface area contributed by atoms with E-state index in [1.807, 2.05) is 5.48 Å². The van der Waals surface area contributed by atoms with Crippen LogP contribution in [0.3, 0.4) is 0 Å². The highest BCUT2D eigenvalue weighted by Crippen LogP contribution is 2.24. The number of halogens is 4. The van der Waals surface area contributed by atoms with Gasteiger partial charge in [-0.3, -0.25) is 25.4 Å². The number of aryl methyl sites for hydroxylation is 1. The van der Waals surface area contributed by atoms with Crippen molar-refractivity contribution in [1.29, 1.82) is 0 Å². The van der Waals surface area contributed by atoms with Crippen LogP contribution in [0.5, 0.6) is 0 Å². The van der Waals surface area contributed by atoms with Gasteiger partial charge in [0.2, 0.25) is 11.8 Å². The highest BCUT2D eigenvalue weighted by Gasteiger charge is 2.24. The molecule has 3 aromatic heterocycles. The highest BCUT2D eigenvalue weighted by atomic mass is 79.9. The van der Waals surface area contributed by atoms with Gasteiger partial charge >= 0.3 is 24.2 Å². The number of amidine groups is 1. The fourth-order valence-corrected chi connectivity index (χ4v) is 6.88. The Morgan fingerprint density at radius 2 is 1.34 bits per heavy atom. The quantitative estimate of drug-likeness (QED) is 0.0108. The van der Waals surface area contributed by atoms with Crippen molar-refractivity contribution in [3.8, 4) is 0 Å². The van der Waals surface area contributed by atoms with Crippen LogP contribution in [0.4, 0.5) is 34.7 Å². The summed E-state index contributed by atoms with van der Waals surface area (Å²) in [5.74, 6) is -1.31. The number of oxime groups is 1. The van der Waals surface area contributed by atoms with E-state index in [-0.39, 0.29) is 67.7 Å². The smallest absolute Gasteiger partial charge is 0.437 e. The number of nitrogens with one attached hydrogen (secondary N) is 3. The first kappa shape index (κ1) is 73.4. The summed E-state index contributed by atoms with van der Waals surface area (Å²) in [7, 11) is 0. The van der Waals surface area contributed by atoms with Gasteiger partial charge in [0.1, 0.15) is 51.8 Å². The topological polar surface area (TPSA) is 353 Å². The van der Waals surface area contributed by atoms with Crippen LogP contribution in [-0.4, -0.2) is 124 Å². The summed E-state index contributed by atoms with van der Waals surface area (Å²) in [6.45, 7) is 21.6. The van der Waals surface area contributed by atoms with Gasteiger partial charge in [0.05, 0.1) is 21.1 Å². The molecule has 0 spiro atoms. The Morgan fingerprint density at radius 3 is 1.88 bits per heavy atom. The summed E-state index contributed by atoms with van der Waals surface area (Å²) < 4.78 is 58.9. The summed E-state index contributed by atoms with van der Waals surface area (Å²) in [5, 5.41) is 42.5. The molecule has 83 heavy (non-hydrogen) atoms. The van der Waals surface area contributed by atoms with E-state index >= 15 is 0 Å². The predicted molar refractivity (Wildman–Crippen MR) is 313 cm³/mol. The third-order valence-electron chi connectivity index (χ3n) is 9.18. The number of aromatic nitrogens is 6. The van der Waals surface area contributed by atoms with E-state index in [2.05, 4.69) is 88.2 Å². The average Bonchev–Trinajstić information content (AvgIpc) is 4.34. The Hall–Kier alpha value is -7.57. The minimum atomic E-state index is -0.827. The zero-order chi connectivity index (χ0) is 60.7. The molecule has 0 bridgehead atoms. The number of hydroxylamine groups is 1. The van der Waals surface area contributed by atoms with Crippen LogP contribution in [0.25, 0.3) is 0 Å². The third kappa shape index (κ3) is 28.8. The standard InChI is InChI=1S/C24H32BrFN6O6.C14H22N4O4.C13H14BrFN4O2.2CH4/c1-23(2,3)36-18(33)13-14(29-22(34)37-24(4,5)6)8-7-11-27-20-19(31-38-32-20)21(30-35)28-15-9-10-17(26)16(25)12-15;1-13(2,3)21-11(19)16-10(18-8-7-15-9-18)17-12(20)22-14(4,5)6;14-9-6-8(3-4-10(9)15)7-12(17-20)13-11(2-1-5-16)18-21-19-13;;/h9-10,12,35H,7-8,11,13H2,1-6H3,(H,27,32)(H,28,30);7-9H,1-6H3,(H,16,17,19,20);3-4,6,20H,1-2,5,7,16H2;2*1H4/b;;17-12+;;. The number of hydrogen-bond acceptors (Lipinski definition) is 21. The van der Waals surface area contributed by atoms with E-state index in [9.17, 15) is 38.4 Å². The second kappa shape index (κ2) is 34.1. The van der Waals surface area contributed by atoms with Crippen molar-refractivity contribution in [2.75, 3.05) is 18.4 Å². The van der Waals surface area contributed by atoms with Gasteiger partial charge in [-0.1, -0.05) is 31.2 Å². The number of aliphatic imine (C=N–C) groups is 3. The Bertz CT molecular complexity index is 2990. The molecule has 2 aromatic carbocycles. The molecule has 7 N–H and O–H groups in total. The van der Waals surface area contributed by atoms with Gasteiger partial charge in [-0.2, -0.15) is 4.99 Å². The number of nitrogens with zero attached hydrogens (tertiary/aromatic N) is 10. The summed E-state index contributed by atoms with van der Waals surface area (Å²) in [6, 6.07) is 8.61. The number of ether oxygens (including phenoxy) is 4. The Balaban J connectivity index is 0.000000657. The van der Waals surface area contributed by atoms with Gasteiger partial charge in [-0.25, -0.2) is 42.4 Å². The molecule has 3 amide bonds. The van der Waals surface area contributed by atoms with Gasteiger partial charge in [-0.05, 0) is 199 Å². The van der Waals surface area contributed by atoms with E-state index in [0.717, 1.165) is 12.0 Å². The molecule has 0 aliphatic rings. The molecule has 0 unspecified atom stereocenters. The predicted octanol–water partition coefficient (Wildman–Crippen LogP) is 11.4. The largest absolute Gasteiger partial charge is 0.460 e. The molecule has 0 aliphatic carbocycles. The lowest BCUT2D eigenvalue weighted by Crippen LogP contribution is -2.40. The molecule has 5 aromatic rings. The lowest BCUT2D eigenvalue weighted by molar-refractivity contribution is -0.153. The van der Waals surface area contributed by atoms with Crippen molar-refractivity contribution < 1.29 is 66.6 Å². The van der Waals surface area contributed by atoms with Crippen LogP contribution in [0.1, 0.15) is 146 Å². The Labute approximate surface area is 497 Å². The van der Waals surface area contributed by atoms with E-state index in [1.54, 1.807) is 95.2 Å². The van der Waals surface area contributed by atoms with E-state index in [4.69, 9.17) is 33.9 Å². The molecule has 0 saturated heterocycles. The van der Waals surface area contributed by atoms with Crippen LogP contribution in [0, 0.1) is 11.6 Å². The van der Waals surface area contributed by atoms with Gasteiger partial charge in [0.25, 0.3) is 0 Å². The maximum Gasteiger partial charge on any atom is 0.437 e. The van der Waals surface area contributed by atoms with Crippen molar-refractivity contribution in [2.45, 2.75) is 159 Å². The van der Waals surface area contributed by atoms with Gasteiger partial charge in [0, 0.05) is 31.1 Å². The van der Waals surface area contributed by atoms with Gasteiger partial charge in [0.15, 0.2) is 17.2 Å². The van der Waals surface area contributed by atoms with Crippen LogP contribution in [0.2, 0.25) is 0 Å². The molecule has 26 nitrogen and oxygen atoms in total. The monoisotopic (exact) mass is 1300 g/mol. The molecule has 30 heteroatoms. The number of carbonyl (C=O) groups is 4. The van der Waals surface area contributed by atoms with Gasteiger partial charge in [-0.15, -0.1) is 4.99 Å². The molecule has 3 heterocycles. The van der Waals surface area contributed by atoms with Gasteiger partial charge < -0.3 is 35.2 Å². The second-order valence-corrected chi connectivity index (χ2v) is 22.7. The summed E-state index contributed by atoms with van der Waals surface area (Å²) >= 11 is 6.20. The fraction of sp³-hybridized carbons (Fsp3) is 0.491. The molecule has 458 valence electrons. The number of imidazole rings is 1. The SMILES string of the molecule is C.C.CC(C)(C)OC(=O)CC(CCCNc1nonc1C(=Nc1ccc(F)c(Br)c1)NO)=NC(=O)OC(C)(C)C.CC(C)(C)OC(=O)N=C(NC(=O)OC(C)(C)C)n1ccnc1.NCCCc1nonc1/C(Cc1ccc(F)c(Br)c1)=N/O. The number of benzene rings is 2. The van der Waals surface area contributed by atoms with Crippen LogP contribution in [-0.2, 0) is 36.6 Å². The molecule has 0 radical (unpaired) electrons. The molecule has 0 saturated carbocycles. The molecule has 0 atom stereocenters. The van der Waals surface area contributed by atoms with Crippen LogP contribution >= 0.6 is 31.9 Å². The lowest BCUT2D eigenvalue weighted by Gasteiger charge is -2.20. The minimum absolute atomic E-state index is 0. The summed E-state index contributed by atoms with van der Waals surface area (Å²) in [6.07, 6.45) is 4.16. The molecular formula is C53H76Br2F2N14O12. The third-order valence-corrected chi connectivity index (χ3v) is 10.4. The molecule has 0 aliphatic heterocycles. The number of nitrogens with two attached hydrogens (primary N) is 1. The summed E-state index contributed by atoms with van der Waals surface area (Å²) in [5.41, 5.74) is 7.38. The van der Waals surface area contributed by atoms with Crippen molar-refractivity contribution in [2.24, 2.45) is 25.9 Å². The number of anilines is 1. The zero-order valence-electron chi connectivity index (χ0n) is 46.9. The van der Waals surface area contributed by atoms with E-state index in [0.29, 0.717) is 58.9 Å². The number of carbonyl (C=O) groups excluding carboxylic acids is 4. The first-order chi connectivity index (χ1) is 37.8.